The number of nitrogens with zero attached hydrogens (tertiary/aromatic N) is 1. The topological polar surface area (TPSA) is 15.3 Å². The van der Waals surface area contributed by atoms with Crippen molar-refractivity contribution in [3.8, 4) is 0 Å². The summed E-state index contributed by atoms with van der Waals surface area (Å²) in [5.41, 5.74) is -0.579. The summed E-state index contributed by atoms with van der Waals surface area (Å²) >= 11 is 2.70. The van der Waals surface area contributed by atoms with E-state index < -0.39 is 18.4 Å². The van der Waals surface area contributed by atoms with Crippen LogP contribution in [0.3, 0.4) is 0 Å². The Morgan fingerprint density at radius 3 is 2.00 bits per heavy atom. The van der Waals surface area contributed by atoms with Crippen LogP contribution in [0.25, 0.3) is 0 Å². The van der Waals surface area contributed by atoms with E-state index in [0.717, 1.165) is 11.2 Å². The van der Waals surface area contributed by atoms with Crippen molar-refractivity contribution in [2.75, 3.05) is 7.05 Å². The molecular weight excluding hydrogens is 256 g/mol. The molecule has 0 unspecified atom stereocenters. The predicted octanol–water partition coefficient (Wildman–Crippen LogP) is 1.94. The molecule has 0 atom stereocenters. The second kappa shape index (κ2) is 3.45. The van der Waals surface area contributed by atoms with Crippen LogP contribution in [0.5, 0.6) is 0 Å². The van der Waals surface area contributed by atoms with E-state index in [4.69, 9.17) is 0 Å². The fourth-order valence-corrected chi connectivity index (χ4v) is 1.80. The Bertz CT molecular complexity index is 223. The van der Waals surface area contributed by atoms with Crippen molar-refractivity contribution in [3.63, 3.8) is 0 Å². The summed E-state index contributed by atoms with van der Waals surface area (Å²) in [5.74, 6) is 0. The molecule has 0 aliphatic carbocycles. The maximum atomic E-state index is 12.4. The molecule has 13 heavy (non-hydrogen) atoms. The number of hydrogen-bond acceptors (Lipinski definition) is 2. The van der Waals surface area contributed by atoms with E-state index in [2.05, 4.69) is 15.9 Å². The molecule has 1 aliphatic heterocycles. The second-order valence-corrected chi connectivity index (χ2v) is 3.52. The van der Waals surface area contributed by atoms with Gasteiger partial charge in [0.05, 0.1) is 0 Å². The summed E-state index contributed by atoms with van der Waals surface area (Å²) < 4.78 is 49.5. The zero-order chi connectivity index (χ0) is 10.2. The fourth-order valence-electron chi connectivity index (χ4n) is 1.06. The number of hydrazine groups is 1. The number of alkyl halides is 4. The van der Waals surface area contributed by atoms with E-state index in [0.29, 0.717) is 0 Å². The Kier molecular flexibility index (Phi) is 2.86. The quantitative estimate of drug-likeness (QED) is 0.766. The lowest BCUT2D eigenvalue weighted by Crippen LogP contribution is -2.57. The highest BCUT2D eigenvalue weighted by molar-refractivity contribution is 9.11. The first kappa shape index (κ1) is 10.8. The molecule has 0 spiro atoms. The van der Waals surface area contributed by atoms with Crippen LogP contribution in [-0.2, 0) is 0 Å². The lowest BCUT2D eigenvalue weighted by atomic mass is 10.0. The van der Waals surface area contributed by atoms with E-state index >= 15 is 0 Å². The maximum Gasteiger partial charge on any atom is 0.268 e. The monoisotopic (exact) mass is 262 g/mol. The van der Waals surface area contributed by atoms with Gasteiger partial charge in [-0.05, 0) is 0 Å². The van der Waals surface area contributed by atoms with Gasteiger partial charge in [-0.3, -0.25) is 0 Å². The van der Waals surface area contributed by atoms with Crippen LogP contribution >= 0.6 is 15.9 Å². The molecule has 0 amide bonds. The summed E-state index contributed by atoms with van der Waals surface area (Å²) in [4.78, 5) is 0. The maximum absolute atomic E-state index is 12.4. The number of halogens is 5. The average Bonchev–Trinajstić information content (AvgIpc) is 2.26. The molecular formula is C6H7BrF4N2. The number of rotatable bonds is 2. The van der Waals surface area contributed by atoms with E-state index in [1.807, 2.05) is 5.43 Å². The van der Waals surface area contributed by atoms with Gasteiger partial charge in [-0.1, -0.05) is 15.9 Å². The Labute approximate surface area is 80.7 Å². The van der Waals surface area contributed by atoms with Gasteiger partial charge >= 0.3 is 0 Å². The van der Waals surface area contributed by atoms with Gasteiger partial charge in [-0.15, -0.1) is 0 Å². The molecule has 0 saturated heterocycles. The highest BCUT2D eigenvalue weighted by atomic mass is 79.9. The lowest BCUT2D eigenvalue weighted by Gasteiger charge is -2.29. The molecule has 7 heteroatoms. The lowest BCUT2D eigenvalue weighted by molar-refractivity contribution is -0.0584. The number of nitrogens with one attached hydrogen (secondary N) is 1. The van der Waals surface area contributed by atoms with Gasteiger partial charge in [0.25, 0.3) is 12.9 Å². The van der Waals surface area contributed by atoms with Crippen molar-refractivity contribution in [1.29, 1.82) is 0 Å². The first-order valence-electron chi connectivity index (χ1n) is 3.36. The smallest absolute Gasteiger partial charge is 0.268 e. The molecule has 2 nitrogen and oxygen atoms in total. The summed E-state index contributed by atoms with van der Waals surface area (Å²) in [6, 6.07) is 0. The molecule has 0 aromatic heterocycles. The minimum Gasteiger partial charge on any atom is -0.317 e. The third-order valence-electron chi connectivity index (χ3n) is 1.75. The van der Waals surface area contributed by atoms with Crippen LogP contribution in [0.15, 0.2) is 10.7 Å². The molecule has 0 fully saturated rings. The molecule has 1 aliphatic rings. The second-order valence-electron chi connectivity index (χ2n) is 2.67. The third kappa shape index (κ3) is 1.54. The first-order chi connectivity index (χ1) is 5.91. The van der Waals surface area contributed by atoms with E-state index in [-0.39, 0.29) is 4.48 Å². The van der Waals surface area contributed by atoms with Crippen molar-refractivity contribution < 1.29 is 17.6 Å². The summed E-state index contributed by atoms with van der Waals surface area (Å²) in [6.45, 7) is 0. The molecule has 0 aromatic carbocycles. The molecule has 0 saturated carbocycles. The van der Waals surface area contributed by atoms with Crippen LogP contribution < -0.4 is 5.43 Å². The number of hydrogen-bond donors (Lipinski definition) is 1. The van der Waals surface area contributed by atoms with Crippen LogP contribution in [0.2, 0.25) is 0 Å². The summed E-state index contributed by atoms with van der Waals surface area (Å²) in [5, 5.41) is 1.07. The molecule has 0 bridgehead atoms. The SMILES string of the molecule is CN1C=C(Br)C(C(F)F)(C(F)F)N1. The van der Waals surface area contributed by atoms with Crippen LogP contribution in [-0.4, -0.2) is 30.4 Å². The highest BCUT2D eigenvalue weighted by Crippen LogP contribution is 2.38. The minimum atomic E-state index is -3.18. The van der Waals surface area contributed by atoms with Gasteiger partial charge < -0.3 is 5.01 Å². The van der Waals surface area contributed by atoms with Crippen molar-refractivity contribution in [3.05, 3.63) is 10.7 Å². The van der Waals surface area contributed by atoms with Gasteiger partial charge in [0.2, 0.25) is 0 Å². The average molecular weight is 263 g/mol. The van der Waals surface area contributed by atoms with Gasteiger partial charge in [0.15, 0.2) is 5.54 Å². The Balaban J connectivity index is 3.01. The van der Waals surface area contributed by atoms with Crippen LogP contribution in [0.1, 0.15) is 0 Å². The molecule has 1 N–H and O–H groups in total. The Morgan fingerprint density at radius 1 is 1.38 bits per heavy atom. The summed E-state index contributed by atoms with van der Waals surface area (Å²) in [6.07, 6.45) is -5.20. The first-order valence-corrected chi connectivity index (χ1v) is 4.15. The zero-order valence-electron chi connectivity index (χ0n) is 6.57. The largest absolute Gasteiger partial charge is 0.317 e. The molecule has 0 aromatic rings. The normalized spacial score (nSPS) is 21.5. The van der Waals surface area contributed by atoms with Crippen LogP contribution in [0.4, 0.5) is 17.6 Å². The zero-order valence-corrected chi connectivity index (χ0v) is 8.16. The predicted molar refractivity (Wildman–Crippen MR) is 42.6 cm³/mol. The van der Waals surface area contributed by atoms with Crippen molar-refractivity contribution in [2.45, 2.75) is 18.4 Å². The van der Waals surface area contributed by atoms with Gasteiger partial charge in [-0.2, -0.15) is 0 Å². The standard InChI is InChI=1S/C6H7BrF4N2/c1-13-2-3(7)6(12-13,4(8)9)5(10)11/h2,4-5,12H,1H3. The van der Waals surface area contributed by atoms with Crippen LogP contribution in [0, 0.1) is 0 Å². The van der Waals surface area contributed by atoms with Gasteiger partial charge in [0, 0.05) is 17.7 Å². The van der Waals surface area contributed by atoms with E-state index in [9.17, 15) is 17.6 Å². The van der Waals surface area contributed by atoms with Crippen molar-refractivity contribution in [2.24, 2.45) is 0 Å². The van der Waals surface area contributed by atoms with Gasteiger partial charge in [0.1, 0.15) is 0 Å². The minimum absolute atomic E-state index is 0.243. The Morgan fingerprint density at radius 2 is 1.85 bits per heavy atom. The third-order valence-corrected chi connectivity index (χ3v) is 2.61. The van der Waals surface area contributed by atoms with Crippen molar-refractivity contribution in [1.82, 2.24) is 10.4 Å². The Hall–Kier alpha value is -0.300. The summed E-state index contributed by atoms with van der Waals surface area (Å²) in [7, 11) is 1.37. The molecule has 0 radical (unpaired) electrons. The molecule has 76 valence electrons. The highest BCUT2D eigenvalue weighted by Gasteiger charge is 2.54. The van der Waals surface area contributed by atoms with Gasteiger partial charge in [-0.25, -0.2) is 23.0 Å². The molecule has 1 heterocycles. The fraction of sp³-hybridized carbons (Fsp3) is 0.667. The molecule has 1 rings (SSSR count). The van der Waals surface area contributed by atoms with E-state index in [1.54, 1.807) is 0 Å². The van der Waals surface area contributed by atoms with Crippen molar-refractivity contribution >= 4 is 15.9 Å². The van der Waals surface area contributed by atoms with E-state index in [1.165, 1.54) is 7.05 Å².